The van der Waals surface area contributed by atoms with E-state index in [1.807, 2.05) is 0 Å². The Labute approximate surface area is 144 Å². The van der Waals surface area contributed by atoms with Crippen molar-refractivity contribution in [2.45, 2.75) is 38.6 Å². The maximum atomic E-state index is 13.7. The summed E-state index contributed by atoms with van der Waals surface area (Å²) in [6, 6.07) is 5.83. The van der Waals surface area contributed by atoms with Crippen LogP contribution in [0.2, 0.25) is 0 Å². The van der Waals surface area contributed by atoms with E-state index in [2.05, 4.69) is 10.3 Å². The summed E-state index contributed by atoms with van der Waals surface area (Å²) in [5.74, 6) is -0.455. The average Bonchev–Trinajstić information content (AvgIpc) is 2.95. The van der Waals surface area contributed by atoms with Gasteiger partial charge in [0.2, 0.25) is 5.91 Å². The Morgan fingerprint density at radius 1 is 1.44 bits per heavy atom. The van der Waals surface area contributed by atoms with Crippen molar-refractivity contribution in [1.82, 2.24) is 4.98 Å². The molecule has 1 amide bonds. The number of pyridine rings is 1. The predicted octanol–water partition coefficient (Wildman–Crippen LogP) is 2.15. The number of hydrogen-bond acceptors (Lipinski definition) is 5. The molecule has 0 spiro atoms. The molecule has 134 valence electrons. The Hall–Kier alpha value is -2.09. The van der Waals surface area contributed by atoms with E-state index >= 15 is 0 Å². The second-order valence-corrected chi connectivity index (χ2v) is 6.55. The minimum Gasteiger partial charge on any atom is -0.394 e. The van der Waals surface area contributed by atoms with Crippen LogP contribution in [0.3, 0.4) is 0 Å². The zero-order chi connectivity index (χ0) is 18.1. The molecule has 2 heterocycles. The number of nitrogens with zero attached hydrogens (tertiary/aromatic N) is 1. The van der Waals surface area contributed by atoms with Crippen LogP contribution in [0.4, 0.5) is 10.2 Å². The molecule has 0 unspecified atom stereocenters. The van der Waals surface area contributed by atoms with Gasteiger partial charge in [-0.05, 0) is 29.8 Å². The number of aliphatic hydroxyl groups is 2. The monoisotopic (exact) mass is 348 g/mol. The molecule has 0 saturated carbocycles. The smallest absolute Gasteiger partial charge is 0.228 e. The number of carbonyl (C=O) groups is 1. The van der Waals surface area contributed by atoms with Gasteiger partial charge in [0.25, 0.3) is 0 Å². The maximum absolute atomic E-state index is 13.7. The minimum absolute atomic E-state index is 0.180. The summed E-state index contributed by atoms with van der Waals surface area (Å²) in [7, 11) is 0. The summed E-state index contributed by atoms with van der Waals surface area (Å²) in [5.41, 5.74) is 1.14. The van der Waals surface area contributed by atoms with Crippen LogP contribution in [0, 0.1) is 11.7 Å². The topological polar surface area (TPSA) is 91.7 Å². The molecule has 2 aromatic rings. The van der Waals surface area contributed by atoms with Crippen molar-refractivity contribution < 1.29 is 24.1 Å². The maximum Gasteiger partial charge on any atom is 0.228 e. The van der Waals surface area contributed by atoms with Crippen molar-refractivity contribution in [3.05, 3.63) is 35.6 Å². The summed E-state index contributed by atoms with van der Waals surface area (Å²) in [6.45, 7) is 3.25. The lowest BCUT2D eigenvalue weighted by atomic mass is 10.00. The lowest BCUT2D eigenvalue weighted by molar-refractivity contribution is -0.118. The Balaban J connectivity index is 2.05. The SMILES string of the molecule is CC(C)C(=O)Nc1cc([C@H]2C[C@H](O)[C@@H](CO)O2)c2cc(F)ccc2n1. The molecule has 3 rings (SSSR count). The molecule has 1 aromatic carbocycles. The van der Waals surface area contributed by atoms with E-state index in [0.29, 0.717) is 22.3 Å². The summed E-state index contributed by atoms with van der Waals surface area (Å²) in [5, 5.41) is 22.6. The van der Waals surface area contributed by atoms with E-state index in [9.17, 15) is 19.4 Å². The first-order valence-electron chi connectivity index (χ1n) is 8.24. The molecule has 7 heteroatoms. The van der Waals surface area contributed by atoms with Crippen LogP contribution in [0.25, 0.3) is 10.9 Å². The number of fused-ring (bicyclic) bond motifs is 1. The number of benzene rings is 1. The molecular weight excluding hydrogens is 327 g/mol. The Kier molecular flexibility index (Phi) is 4.99. The van der Waals surface area contributed by atoms with Gasteiger partial charge < -0.3 is 20.3 Å². The number of halogens is 1. The molecule has 1 aromatic heterocycles. The van der Waals surface area contributed by atoms with E-state index in [1.165, 1.54) is 18.2 Å². The van der Waals surface area contributed by atoms with Gasteiger partial charge in [0.1, 0.15) is 17.7 Å². The summed E-state index contributed by atoms with van der Waals surface area (Å²) >= 11 is 0. The summed E-state index contributed by atoms with van der Waals surface area (Å²) in [4.78, 5) is 16.3. The zero-order valence-electron chi connectivity index (χ0n) is 14.1. The van der Waals surface area contributed by atoms with Crippen LogP contribution in [0.15, 0.2) is 24.3 Å². The first-order chi connectivity index (χ1) is 11.9. The van der Waals surface area contributed by atoms with Crippen LogP contribution in [0.5, 0.6) is 0 Å². The highest BCUT2D eigenvalue weighted by atomic mass is 19.1. The normalized spacial score (nSPS) is 23.4. The Morgan fingerprint density at radius 3 is 2.84 bits per heavy atom. The molecule has 1 saturated heterocycles. The second-order valence-electron chi connectivity index (χ2n) is 6.55. The van der Waals surface area contributed by atoms with E-state index in [0.717, 1.165) is 0 Å². The fraction of sp³-hybridized carbons (Fsp3) is 0.444. The van der Waals surface area contributed by atoms with Gasteiger partial charge >= 0.3 is 0 Å². The highest BCUT2D eigenvalue weighted by Crippen LogP contribution is 2.37. The van der Waals surface area contributed by atoms with Crippen LogP contribution in [-0.4, -0.2) is 39.9 Å². The van der Waals surface area contributed by atoms with Gasteiger partial charge in [-0.15, -0.1) is 0 Å². The number of hydrogen-bond donors (Lipinski definition) is 3. The zero-order valence-corrected chi connectivity index (χ0v) is 14.1. The third-order valence-electron chi connectivity index (χ3n) is 4.33. The van der Waals surface area contributed by atoms with Crippen molar-refractivity contribution >= 4 is 22.6 Å². The number of carbonyl (C=O) groups excluding carboxylic acids is 1. The lowest BCUT2D eigenvalue weighted by Gasteiger charge is -2.17. The van der Waals surface area contributed by atoms with E-state index in [-0.39, 0.29) is 24.9 Å². The van der Waals surface area contributed by atoms with Crippen molar-refractivity contribution in [2.75, 3.05) is 11.9 Å². The molecular formula is C18H21FN2O4. The molecule has 0 radical (unpaired) electrons. The first-order valence-corrected chi connectivity index (χ1v) is 8.24. The number of aliphatic hydroxyl groups excluding tert-OH is 2. The van der Waals surface area contributed by atoms with Gasteiger partial charge in [-0.2, -0.15) is 0 Å². The molecule has 3 atom stereocenters. The molecule has 1 aliphatic heterocycles. The van der Waals surface area contributed by atoms with Gasteiger partial charge in [-0.25, -0.2) is 9.37 Å². The van der Waals surface area contributed by atoms with Gasteiger partial charge in [-0.1, -0.05) is 13.8 Å². The number of ether oxygens (including phenoxy) is 1. The minimum atomic E-state index is -0.805. The molecule has 0 bridgehead atoms. The number of anilines is 1. The number of aromatic nitrogens is 1. The van der Waals surface area contributed by atoms with Crippen molar-refractivity contribution in [3.63, 3.8) is 0 Å². The quantitative estimate of drug-likeness (QED) is 0.787. The third kappa shape index (κ3) is 3.63. The van der Waals surface area contributed by atoms with E-state index in [4.69, 9.17) is 4.74 Å². The van der Waals surface area contributed by atoms with E-state index in [1.54, 1.807) is 19.9 Å². The molecule has 0 aliphatic carbocycles. The largest absolute Gasteiger partial charge is 0.394 e. The molecule has 25 heavy (non-hydrogen) atoms. The summed E-state index contributed by atoms with van der Waals surface area (Å²) in [6.07, 6.45) is -1.73. The fourth-order valence-corrected chi connectivity index (χ4v) is 2.92. The van der Waals surface area contributed by atoms with E-state index < -0.39 is 24.1 Å². The highest BCUT2D eigenvalue weighted by molar-refractivity contribution is 5.93. The van der Waals surface area contributed by atoms with Crippen LogP contribution in [-0.2, 0) is 9.53 Å². The van der Waals surface area contributed by atoms with Crippen molar-refractivity contribution in [3.8, 4) is 0 Å². The van der Waals surface area contributed by atoms with Gasteiger partial charge in [0.15, 0.2) is 0 Å². The van der Waals surface area contributed by atoms with Crippen LogP contribution in [0.1, 0.15) is 31.9 Å². The Bertz CT molecular complexity index is 796. The standard InChI is InChI=1S/C18H21FN2O4/c1-9(2)18(24)21-17-6-12(15-7-14(23)16(8-22)25-15)11-5-10(19)3-4-13(11)20-17/h3-6,9,14-16,22-23H,7-8H2,1-2H3,(H,20,21,24)/t14-,15+,16+/m0/s1. The van der Waals surface area contributed by atoms with Crippen LogP contribution >= 0.6 is 0 Å². The number of rotatable bonds is 4. The van der Waals surface area contributed by atoms with Crippen LogP contribution < -0.4 is 5.32 Å². The first kappa shape index (κ1) is 17.7. The number of nitrogens with one attached hydrogen (secondary N) is 1. The predicted molar refractivity (Wildman–Crippen MR) is 90.5 cm³/mol. The number of amides is 1. The third-order valence-corrected chi connectivity index (χ3v) is 4.33. The van der Waals surface area contributed by atoms with Crippen molar-refractivity contribution in [1.29, 1.82) is 0 Å². The van der Waals surface area contributed by atoms with Gasteiger partial charge in [0, 0.05) is 17.7 Å². The van der Waals surface area contributed by atoms with Gasteiger partial charge in [-0.3, -0.25) is 4.79 Å². The lowest BCUT2D eigenvalue weighted by Crippen LogP contribution is -2.24. The Morgan fingerprint density at radius 2 is 2.20 bits per heavy atom. The highest BCUT2D eigenvalue weighted by Gasteiger charge is 2.35. The summed E-state index contributed by atoms with van der Waals surface area (Å²) < 4.78 is 19.4. The average molecular weight is 348 g/mol. The van der Waals surface area contributed by atoms with Crippen molar-refractivity contribution in [2.24, 2.45) is 5.92 Å². The fourth-order valence-electron chi connectivity index (χ4n) is 2.92. The molecule has 1 fully saturated rings. The second kappa shape index (κ2) is 7.03. The molecule has 6 nitrogen and oxygen atoms in total. The molecule has 1 aliphatic rings. The van der Waals surface area contributed by atoms with Gasteiger partial charge in [0.05, 0.1) is 24.3 Å². The molecule has 3 N–H and O–H groups in total.